The number of carbonyl (C=O) groups is 1. The summed E-state index contributed by atoms with van der Waals surface area (Å²) < 4.78 is 0. The maximum atomic E-state index is 11.1. The second-order valence-corrected chi connectivity index (χ2v) is 4.08. The Hall–Kier alpha value is -1.42. The smallest absolute Gasteiger partial charge is 0.225 e. The van der Waals surface area contributed by atoms with Crippen molar-refractivity contribution >= 4 is 28.9 Å². The molecule has 0 aliphatic carbocycles. The number of rotatable bonds is 2. The third kappa shape index (κ3) is 3.62. The summed E-state index contributed by atoms with van der Waals surface area (Å²) in [6.07, 6.45) is 0.425. The van der Waals surface area contributed by atoms with Gasteiger partial charge in [-0.2, -0.15) is 0 Å². The minimum atomic E-state index is -0.0807. The van der Waals surface area contributed by atoms with E-state index in [-0.39, 0.29) is 5.91 Å². The van der Waals surface area contributed by atoms with E-state index in [0.717, 1.165) is 16.8 Å². The lowest BCUT2D eigenvalue weighted by Crippen LogP contribution is -2.33. The van der Waals surface area contributed by atoms with Gasteiger partial charge in [0.05, 0.1) is 0 Å². The van der Waals surface area contributed by atoms with Gasteiger partial charge in [-0.1, -0.05) is 19.1 Å². The lowest BCUT2D eigenvalue weighted by atomic mass is 10.1. The first-order valence-corrected chi connectivity index (χ1v) is 5.62. The average Bonchev–Trinajstić information content (AvgIpc) is 2.23. The van der Waals surface area contributed by atoms with Crippen LogP contribution in [0.2, 0.25) is 0 Å². The van der Waals surface area contributed by atoms with Crippen LogP contribution in [0.1, 0.15) is 24.5 Å². The Kier molecular flexibility index (Phi) is 4.43. The molecule has 0 heterocycles. The van der Waals surface area contributed by atoms with Gasteiger partial charge in [0.15, 0.2) is 5.11 Å². The standard InChI is InChI=1S/C12H16N2OS/c1-4-11(15)14-12(16)13-10-7-8(2)5-6-9(10)3/h5-7H,4H2,1-3H3,(H2,13,14,15,16). The van der Waals surface area contributed by atoms with Gasteiger partial charge >= 0.3 is 0 Å². The van der Waals surface area contributed by atoms with Crippen molar-refractivity contribution < 1.29 is 4.79 Å². The van der Waals surface area contributed by atoms with Crippen LogP contribution in [-0.4, -0.2) is 11.0 Å². The van der Waals surface area contributed by atoms with Crippen LogP contribution in [0, 0.1) is 13.8 Å². The maximum absolute atomic E-state index is 11.1. The van der Waals surface area contributed by atoms with Gasteiger partial charge in [0.1, 0.15) is 0 Å². The zero-order chi connectivity index (χ0) is 12.1. The number of anilines is 1. The first-order chi connectivity index (χ1) is 7.52. The first kappa shape index (κ1) is 12.6. The summed E-state index contributed by atoms with van der Waals surface area (Å²) in [4.78, 5) is 11.1. The molecule has 86 valence electrons. The summed E-state index contributed by atoms with van der Waals surface area (Å²) in [5, 5.41) is 5.97. The molecule has 0 fully saturated rings. The Morgan fingerprint density at radius 3 is 2.69 bits per heavy atom. The van der Waals surface area contributed by atoms with Gasteiger partial charge in [-0.15, -0.1) is 0 Å². The molecule has 1 amide bonds. The van der Waals surface area contributed by atoms with Gasteiger partial charge in [-0.25, -0.2) is 0 Å². The Labute approximate surface area is 101 Å². The molecule has 0 saturated carbocycles. The second-order valence-electron chi connectivity index (χ2n) is 3.67. The van der Waals surface area contributed by atoms with Gasteiger partial charge in [-0.05, 0) is 43.3 Å². The largest absolute Gasteiger partial charge is 0.332 e. The number of amides is 1. The number of nitrogens with one attached hydrogen (secondary N) is 2. The van der Waals surface area contributed by atoms with E-state index in [4.69, 9.17) is 12.2 Å². The zero-order valence-electron chi connectivity index (χ0n) is 9.76. The number of thiocarbonyl (C=S) groups is 1. The van der Waals surface area contributed by atoms with Crippen LogP contribution in [0.25, 0.3) is 0 Å². The van der Waals surface area contributed by atoms with Crippen molar-refractivity contribution in [3.05, 3.63) is 29.3 Å². The van der Waals surface area contributed by atoms with E-state index in [1.54, 1.807) is 6.92 Å². The predicted molar refractivity (Wildman–Crippen MR) is 70.6 cm³/mol. The van der Waals surface area contributed by atoms with E-state index in [9.17, 15) is 4.79 Å². The molecule has 4 heteroatoms. The molecule has 0 bridgehead atoms. The van der Waals surface area contributed by atoms with Gasteiger partial charge in [0.2, 0.25) is 5.91 Å². The van der Waals surface area contributed by atoms with Gasteiger partial charge < -0.3 is 10.6 Å². The van der Waals surface area contributed by atoms with E-state index in [2.05, 4.69) is 10.6 Å². The lowest BCUT2D eigenvalue weighted by Gasteiger charge is -2.11. The number of hydrogen-bond donors (Lipinski definition) is 2. The third-order valence-corrected chi connectivity index (χ3v) is 2.42. The summed E-state index contributed by atoms with van der Waals surface area (Å²) in [5.41, 5.74) is 3.18. The Bertz CT molecular complexity index is 415. The molecular weight excluding hydrogens is 220 g/mol. The molecule has 0 radical (unpaired) electrons. The fourth-order valence-corrected chi connectivity index (χ4v) is 1.46. The minimum absolute atomic E-state index is 0.0807. The van der Waals surface area contributed by atoms with Crippen molar-refractivity contribution in [2.75, 3.05) is 5.32 Å². The van der Waals surface area contributed by atoms with Gasteiger partial charge in [0, 0.05) is 12.1 Å². The minimum Gasteiger partial charge on any atom is -0.332 e. The molecule has 0 atom stereocenters. The molecule has 1 aromatic carbocycles. The molecule has 0 aliphatic heterocycles. The Morgan fingerprint density at radius 1 is 1.38 bits per heavy atom. The van der Waals surface area contributed by atoms with Crippen LogP contribution in [0.4, 0.5) is 5.69 Å². The van der Waals surface area contributed by atoms with E-state index < -0.39 is 0 Å². The van der Waals surface area contributed by atoms with Crippen molar-refractivity contribution in [3.63, 3.8) is 0 Å². The second kappa shape index (κ2) is 5.61. The normalized spacial score (nSPS) is 9.69. The SMILES string of the molecule is CCC(=O)NC(=S)Nc1cc(C)ccc1C. The van der Waals surface area contributed by atoms with E-state index in [1.165, 1.54) is 0 Å². The summed E-state index contributed by atoms with van der Waals surface area (Å²) in [6, 6.07) is 6.05. The quantitative estimate of drug-likeness (QED) is 0.775. The zero-order valence-corrected chi connectivity index (χ0v) is 10.6. The van der Waals surface area contributed by atoms with Crippen LogP contribution in [0.5, 0.6) is 0 Å². The van der Waals surface area contributed by atoms with Crippen molar-refractivity contribution in [1.29, 1.82) is 0 Å². The summed E-state index contributed by atoms with van der Waals surface area (Å²) in [5.74, 6) is -0.0807. The maximum Gasteiger partial charge on any atom is 0.225 e. The Morgan fingerprint density at radius 2 is 2.06 bits per heavy atom. The van der Waals surface area contributed by atoms with Gasteiger partial charge in [0.25, 0.3) is 0 Å². The number of aryl methyl sites for hydroxylation is 2. The molecule has 0 saturated heterocycles. The van der Waals surface area contributed by atoms with E-state index in [1.807, 2.05) is 32.0 Å². The Balaban J connectivity index is 2.69. The van der Waals surface area contributed by atoms with Crippen LogP contribution >= 0.6 is 12.2 Å². The van der Waals surface area contributed by atoms with E-state index in [0.29, 0.717) is 11.5 Å². The highest BCUT2D eigenvalue weighted by Crippen LogP contribution is 2.15. The summed E-state index contributed by atoms with van der Waals surface area (Å²) in [7, 11) is 0. The third-order valence-electron chi connectivity index (χ3n) is 2.22. The average molecular weight is 236 g/mol. The van der Waals surface area contributed by atoms with Crippen molar-refractivity contribution in [2.45, 2.75) is 27.2 Å². The molecule has 1 rings (SSSR count). The number of hydrogen-bond acceptors (Lipinski definition) is 2. The molecule has 16 heavy (non-hydrogen) atoms. The molecule has 3 nitrogen and oxygen atoms in total. The van der Waals surface area contributed by atoms with E-state index >= 15 is 0 Å². The molecule has 0 aliphatic rings. The van der Waals surface area contributed by atoms with Crippen LogP contribution < -0.4 is 10.6 Å². The molecule has 0 spiro atoms. The summed E-state index contributed by atoms with van der Waals surface area (Å²) >= 11 is 5.04. The molecule has 2 N–H and O–H groups in total. The van der Waals surface area contributed by atoms with Gasteiger partial charge in [-0.3, -0.25) is 4.79 Å². The molecular formula is C12H16N2OS. The molecule has 1 aromatic rings. The van der Waals surface area contributed by atoms with Crippen LogP contribution in [-0.2, 0) is 4.79 Å². The van der Waals surface area contributed by atoms with Crippen molar-refractivity contribution in [3.8, 4) is 0 Å². The number of benzene rings is 1. The topological polar surface area (TPSA) is 41.1 Å². The van der Waals surface area contributed by atoms with Crippen LogP contribution in [0.3, 0.4) is 0 Å². The number of carbonyl (C=O) groups excluding carboxylic acids is 1. The fourth-order valence-electron chi connectivity index (χ4n) is 1.24. The molecule has 0 aromatic heterocycles. The first-order valence-electron chi connectivity index (χ1n) is 5.21. The molecule has 0 unspecified atom stereocenters. The predicted octanol–water partition coefficient (Wildman–Crippen LogP) is 2.53. The van der Waals surface area contributed by atoms with Crippen LogP contribution in [0.15, 0.2) is 18.2 Å². The van der Waals surface area contributed by atoms with Crippen molar-refractivity contribution in [1.82, 2.24) is 5.32 Å². The summed E-state index contributed by atoms with van der Waals surface area (Å²) in [6.45, 7) is 5.79. The van der Waals surface area contributed by atoms with Crippen molar-refractivity contribution in [2.24, 2.45) is 0 Å². The highest BCUT2D eigenvalue weighted by molar-refractivity contribution is 7.80. The highest BCUT2D eigenvalue weighted by Gasteiger charge is 2.04. The monoisotopic (exact) mass is 236 g/mol. The fraction of sp³-hybridized carbons (Fsp3) is 0.333. The highest BCUT2D eigenvalue weighted by atomic mass is 32.1. The lowest BCUT2D eigenvalue weighted by molar-refractivity contribution is -0.119.